The van der Waals surface area contributed by atoms with Crippen LogP contribution in [-0.4, -0.2) is 25.3 Å². The highest BCUT2D eigenvalue weighted by Gasteiger charge is 2.58. The summed E-state index contributed by atoms with van der Waals surface area (Å²) in [5.74, 6) is 3.98. The van der Waals surface area contributed by atoms with Crippen molar-refractivity contribution >= 4 is 5.97 Å². The van der Waals surface area contributed by atoms with Crippen molar-refractivity contribution in [3.8, 4) is 0 Å². The van der Waals surface area contributed by atoms with Gasteiger partial charge in [-0.1, -0.05) is 52.7 Å². The molecule has 0 amide bonds. The molecule has 176 valence electrons. The van der Waals surface area contributed by atoms with Gasteiger partial charge in [0.25, 0.3) is 0 Å². The molecule has 3 nitrogen and oxygen atoms in total. The van der Waals surface area contributed by atoms with Crippen LogP contribution in [0, 0.1) is 40.4 Å². The van der Waals surface area contributed by atoms with Crippen LogP contribution in [0.4, 0.5) is 0 Å². The van der Waals surface area contributed by atoms with Crippen LogP contribution < -0.4 is 0 Å². The van der Waals surface area contributed by atoms with Gasteiger partial charge in [0.15, 0.2) is 0 Å². The Morgan fingerprint density at radius 1 is 1.13 bits per heavy atom. The summed E-state index contributed by atoms with van der Waals surface area (Å²) in [4.78, 5) is 12.3. The minimum atomic E-state index is -0.184. The molecule has 0 bridgehead atoms. The van der Waals surface area contributed by atoms with Crippen LogP contribution in [0.15, 0.2) is 11.6 Å². The second-order valence-electron chi connectivity index (χ2n) is 12.1. The quantitative estimate of drug-likeness (QED) is 0.249. The van der Waals surface area contributed by atoms with Gasteiger partial charge in [-0.05, 0) is 91.8 Å². The molecular formula is C28H46O3. The monoisotopic (exact) mass is 430 g/mol. The van der Waals surface area contributed by atoms with E-state index in [2.05, 4.69) is 40.7 Å². The molecule has 0 N–H and O–H groups in total. The summed E-state index contributed by atoms with van der Waals surface area (Å²) in [7, 11) is 0. The maximum atomic E-state index is 12.3. The second kappa shape index (κ2) is 9.20. The summed E-state index contributed by atoms with van der Waals surface area (Å²) >= 11 is 0. The lowest BCUT2D eigenvalue weighted by molar-refractivity contribution is -0.156. The van der Waals surface area contributed by atoms with E-state index >= 15 is 0 Å². The largest absolute Gasteiger partial charge is 0.460 e. The molecule has 3 heteroatoms. The molecule has 0 saturated heterocycles. The van der Waals surface area contributed by atoms with Crippen molar-refractivity contribution in [2.45, 2.75) is 105 Å². The molecule has 0 radical (unpaired) electrons. The average Bonchev–Trinajstić information content (AvgIpc) is 3.07. The van der Waals surface area contributed by atoms with Crippen molar-refractivity contribution in [3.63, 3.8) is 0 Å². The second-order valence-corrected chi connectivity index (χ2v) is 12.1. The van der Waals surface area contributed by atoms with E-state index in [0.29, 0.717) is 23.4 Å². The number of ether oxygens (including phenoxy) is 2. The molecule has 0 aliphatic heterocycles. The highest BCUT2D eigenvalue weighted by Crippen LogP contribution is 2.66. The third kappa shape index (κ3) is 4.37. The molecule has 4 aliphatic rings. The Morgan fingerprint density at radius 3 is 2.68 bits per heavy atom. The van der Waals surface area contributed by atoms with Gasteiger partial charge in [0.1, 0.15) is 12.7 Å². The van der Waals surface area contributed by atoms with Crippen LogP contribution >= 0.6 is 0 Å². The van der Waals surface area contributed by atoms with Gasteiger partial charge < -0.3 is 9.47 Å². The Kier molecular flexibility index (Phi) is 6.92. The van der Waals surface area contributed by atoms with E-state index in [-0.39, 0.29) is 18.7 Å². The number of allylic oxidation sites excluding steroid dienone is 1. The van der Waals surface area contributed by atoms with E-state index in [1.807, 2.05) is 0 Å². The van der Waals surface area contributed by atoms with Gasteiger partial charge in [0.2, 0.25) is 0 Å². The molecule has 0 unspecified atom stereocenters. The fourth-order valence-corrected chi connectivity index (χ4v) is 8.20. The predicted octanol–water partition coefficient (Wildman–Crippen LogP) is 6.95. The van der Waals surface area contributed by atoms with E-state index in [9.17, 15) is 4.79 Å². The van der Waals surface area contributed by atoms with Gasteiger partial charge >= 0.3 is 5.97 Å². The summed E-state index contributed by atoms with van der Waals surface area (Å²) in [6.07, 6.45) is 15.1. The summed E-state index contributed by atoms with van der Waals surface area (Å²) < 4.78 is 11.4. The standard InChI is InChI=1S/C28H46O3/c1-6-20-8-10-24-23-9-7-21-17-22(31-26(29)18-30-16-13-19(2)3)11-14-28(21,5)25(23)12-15-27(20,24)4/h7,19-20,22-25H,6,8-18H2,1-5H3/t20-,22-,23-,24-,25-,27+,28-/m0/s1. The third-order valence-electron chi connectivity index (χ3n) is 10.1. The van der Waals surface area contributed by atoms with Crippen molar-refractivity contribution in [1.82, 2.24) is 0 Å². The molecule has 7 atom stereocenters. The molecule has 0 spiro atoms. The Bertz CT molecular complexity index is 682. The lowest BCUT2D eigenvalue weighted by Gasteiger charge is -2.58. The lowest BCUT2D eigenvalue weighted by Crippen LogP contribution is -2.50. The summed E-state index contributed by atoms with van der Waals surface area (Å²) in [5, 5.41) is 0. The van der Waals surface area contributed by atoms with Crippen molar-refractivity contribution in [2.24, 2.45) is 40.4 Å². The van der Waals surface area contributed by atoms with Crippen LogP contribution in [0.3, 0.4) is 0 Å². The normalized spacial score (nSPS) is 41.9. The number of esters is 1. The Labute approximate surface area is 190 Å². The van der Waals surface area contributed by atoms with Gasteiger partial charge in [-0.2, -0.15) is 0 Å². The number of hydrogen-bond acceptors (Lipinski definition) is 3. The van der Waals surface area contributed by atoms with Crippen molar-refractivity contribution in [1.29, 1.82) is 0 Å². The van der Waals surface area contributed by atoms with Crippen LogP contribution in [0.1, 0.15) is 98.8 Å². The smallest absolute Gasteiger partial charge is 0.332 e. The molecule has 3 fully saturated rings. The zero-order chi connectivity index (χ0) is 22.2. The topological polar surface area (TPSA) is 35.5 Å². The Balaban J connectivity index is 1.36. The fourth-order valence-electron chi connectivity index (χ4n) is 8.20. The van der Waals surface area contributed by atoms with Crippen molar-refractivity contribution in [2.75, 3.05) is 13.2 Å². The van der Waals surface area contributed by atoms with Crippen LogP contribution in [0.25, 0.3) is 0 Å². The van der Waals surface area contributed by atoms with E-state index in [0.717, 1.165) is 42.9 Å². The first-order valence-corrected chi connectivity index (χ1v) is 13.2. The fraction of sp³-hybridized carbons (Fsp3) is 0.893. The third-order valence-corrected chi connectivity index (χ3v) is 10.1. The minimum Gasteiger partial charge on any atom is -0.460 e. The van der Waals surface area contributed by atoms with Gasteiger partial charge in [-0.3, -0.25) is 0 Å². The van der Waals surface area contributed by atoms with E-state index in [1.54, 1.807) is 5.57 Å². The van der Waals surface area contributed by atoms with Crippen molar-refractivity contribution < 1.29 is 14.3 Å². The van der Waals surface area contributed by atoms with Gasteiger partial charge in [-0.25, -0.2) is 4.79 Å². The highest BCUT2D eigenvalue weighted by atomic mass is 16.6. The first-order valence-electron chi connectivity index (χ1n) is 13.2. The highest BCUT2D eigenvalue weighted by molar-refractivity contribution is 5.71. The first-order chi connectivity index (χ1) is 14.8. The van der Waals surface area contributed by atoms with Crippen molar-refractivity contribution in [3.05, 3.63) is 11.6 Å². The van der Waals surface area contributed by atoms with Gasteiger partial charge in [-0.15, -0.1) is 0 Å². The summed E-state index contributed by atoms with van der Waals surface area (Å²) in [6.45, 7) is 12.7. The Morgan fingerprint density at radius 2 is 1.94 bits per heavy atom. The molecule has 4 rings (SSSR count). The molecule has 3 saturated carbocycles. The molecule has 31 heavy (non-hydrogen) atoms. The number of rotatable bonds is 7. The van der Waals surface area contributed by atoms with E-state index < -0.39 is 0 Å². The number of carbonyl (C=O) groups excluding carboxylic acids is 1. The van der Waals surface area contributed by atoms with Gasteiger partial charge in [0.05, 0.1) is 0 Å². The Hall–Kier alpha value is -0.830. The zero-order valence-corrected chi connectivity index (χ0v) is 20.8. The predicted molar refractivity (Wildman–Crippen MR) is 126 cm³/mol. The number of hydrogen-bond donors (Lipinski definition) is 0. The number of fused-ring (bicyclic) bond motifs is 5. The van der Waals surface area contributed by atoms with E-state index in [4.69, 9.17) is 9.47 Å². The molecular weight excluding hydrogens is 384 g/mol. The zero-order valence-electron chi connectivity index (χ0n) is 20.8. The van der Waals surface area contributed by atoms with E-state index in [1.165, 1.54) is 44.9 Å². The van der Waals surface area contributed by atoms with Crippen LogP contribution in [0.2, 0.25) is 0 Å². The van der Waals surface area contributed by atoms with Crippen LogP contribution in [-0.2, 0) is 14.3 Å². The van der Waals surface area contributed by atoms with Gasteiger partial charge in [0, 0.05) is 13.0 Å². The molecule has 0 aromatic carbocycles. The first kappa shape index (κ1) is 23.3. The SMILES string of the molecule is CC[C@H]1CC[C@H]2[C@@H]3CC=C4C[C@@H](OC(=O)COCCC(C)C)CC[C@]4(C)[C@H]3CC[C@]12C. The molecule has 0 heterocycles. The minimum absolute atomic E-state index is 0.0434. The lowest BCUT2D eigenvalue weighted by atomic mass is 9.47. The summed E-state index contributed by atoms with van der Waals surface area (Å²) in [6, 6.07) is 0. The summed E-state index contributed by atoms with van der Waals surface area (Å²) in [5.41, 5.74) is 2.50. The molecule has 4 aliphatic carbocycles. The van der Waals surface area contributed by atoms with Crippen LogP contribution in [0.5, 0.6) is 0 Å². The maximum absolute atomic E-state index is 12.3. The molecule has 0 aromatic rings. The average molecular weight is 431 g/mol. The molecule has 0 aromatic heterocycles. The maximum Gasteiger partial charge on any atom is 0.332 e. The number of carbonyl (C=O) groups is 1.